The molecule has 1 N–H and O–H groups in total. The van der Waals surface area contributed by atoms with Crippen LogP contribution in [0.5, 0.6) is 0 Å². The van der Waals surface area contributed by atoms with Crippen molar-refractivity contribution in [1.29, 1.82) is 0 Å². The van der Waals surface area contributed by atoms with Crippen molar-refractivity contribution in [2.45, 2.75) is 30.6 Å². The predicted octanol–water partition coefficient (Wildman–Crippen LogP) is 4.60. The first-order valence-electron chi connectivity index (χ1n) is 9.60. The number of nitrogens with zero attached hydrogens (tertiary/aromatic N) is 2. The van der Waals surface area contributed by atoms with Crippen LogP contribution in [0.1, 0.15) is 12.8 Å². The maximum absolute atomic E-state index is 13.0. The molecule has 3 aromatic rings. The fourth-order valence-electron chi connectivity index (χ4n) is 3.34. The van der Waals surface area contributed by atoms with Crippen LogP contribution in [0, 0.1) is 5.82 Å². The zero-order valence-corrected chi connectivity index (χ0v) is 16.7. The fourth-order valence-corrected chi connectivity index (χ4v) is 4.13. The normalized spacial score (nSPS) is 16.1. The zero-order valence-electron chi connectivity index (χ0n) is 15.9. The van der Waals surface area contributed by atoms with E-state index in [4.69, 9.17) is 4.74 Å². The standard InChI is InChI=1S/C22H22FN3O2S/c23-17-8-10-18(11-9-17)25-21(27)15-29-22-24-13-20(16-5-2-1-3-6-16)26(22)14-19-7-4-12-28-19/h1-3,5-6,8-11,13,19H,4,7,12,14-15H2,(H,25,27)/t19-/m0/s1. The van der Waals surface area contributed by atoms with Crippen molar-refractivity contribution >= 4 is 23.4 Å². The number of carbonyl (C=O) groups is 1. The molecule has 0 saturated carbocycles. The van der Waals surface area contributed by atoms with Crippen molar-refractivity contribution in [3.8, 4) is 11.3 Å². The van der Waals surface area contributed by atoms with Crippen LogP contribution in [0.4, 0.5) is 10.1 Å². The van der Waals surface area contributed by atoms with Crippen LogP contribution in [-0.4, -0.2) is 33.9 Å². The molecular formula is C22H22FN3O2S. The summed E-state index contributed by atoms with van der Waals surface area (Å²) in [5.74, 6) is -0.273. The van der Waals surface area contributed by atoms with Crippen LogP contribution < -0.4 is 5.32 Å². The highest BCUT2D eigenvalue weighted by atomic mass is 32.2. The van der Waals surface area contributed by atoms with E-state index < -0.39 is 0 Å². The van der Waals surface area contributed by atoms with Crippen LogP contribution in [0.25, 0.3) is 11.3 Å². The van der Waals surface area contributed by atoms with E-state index >= 15 is 0 Å². The van der Waals surface area contributed by atoms with Crippen LogP contribution in [0.15, 0.2) is 66.0 Å². The summed E-state index contributed by atoms with van der Waals surface area (Å²) in [6, 6.07) is 15.8. The molecule has 0 spiro atoms. The third-order valence-electron chi connectivity index (χ3n) is 4.76. The van der Waals surface area contributed by atoms with Gasteiger partial charge in [-0.3, -0.25) is 4.79 Å². The Hall–Kier alpha value is -2.64. The van der Waals surface area contributed by atoms with Gasteiger partial charge in [0.2, 0.25) is 5.91 Å². The van der Waals surface area contributed by atoms with Crippen LogP contribution in [-0.2, 0) is 16.1 Å². The number of anilines is 1. The van der Waals surface area contributed by atoms with Crippen molar-refractivity contribution in [1.82, 2.24) is 9.55 Å². The monoisotopic (exact) mass is 411 g/mol. The van der Waals surface area contributed by atoms with Crippen molar-refractivity contribution in [2.24, 2.45) is 0 Å². The number of halogens is 1. The lowest BCUT2D eigenvalue weighted by molar-refractivity contribution is -0.113. The van der Waals surface area contributed by atoms with Crippen molar-refractivity contribution < 1.29 is 13.9 Å². The number of ether oxygens (including phenoxy) is 1. The van der Waals surface area contributed by atoms with Gasteiger partial charge in [0.05, 0.1) is 30.3 Å². The number of amides is 1. The van der Waals surface area contributed by atoms with Gasteiger partial charge < -0.3 is 14.6 Å². The molecule has 5 nitrogen and oxygen atoms in total. The minimum absolute atomic E-state index is 0.158. The summed E-state index contributed by atoms with van der Waals surface area (Å²) in [7, 11) is 0. The third-order valence-corrected chi connectivity index (χ3v) is 5.75. The zero-order chi connectivity index (χ0) is 20.1. The second kappa shape index (κ2) is 9.24. The Labute approximate surface area is 173 Å². The first-order chi connectivity index (χ1) is 14.2. The highest BCUT2D eigenvalue weighted by Crippen LogP contribution is 2.28. The van der Waals surface area contributed by atoms with Gasteiger partial charge in [-0.25, -0.2) is 9.37 Å². The number of benzene rings is 2. The predicted molar refractivity (Wildman–Crippen MR) is 112 cm³/mol. The Morgan fingerprint density at radius 2 is 2.00 bits per heavy atom. The molecule has 1 amide bonds. The molecule has 2 aromatic carbocycles. The van der Waals surface area contributed by atoms with Crippen molar-refractivity contribution in [2.75, 3.05) is 17.7 Å². The van der Waals surface area contributed by atoms with Gasteiger partial charge >= 0.3 is 0 Å². The molecule has 0 radical (unpaired) electrons. The van der Waals surface area contributed by atoms with Gasteiger partial charge in [0.15, 0.2) is 5.16 Å². The summed E-state index contributed by atoms with van der Waals surface area (Å²) in [4.78, 5) is 16.9. The largest absolute Gasteiger partial charge is 0.376 e. The van der Waals surface area contributed by atoms with Gasteiger partial charge in [-0.15, -0.1) is 0 Å². The van der Waals surface area contributed by atoms with Crippen LogP contribution >= 0.6 is 11.8 Å². The Morgan fingerprint density at radius 3 is 2.72 bits per heavy atom. The number of hydrogen-bond donors (Lipinski definition) is 1. The van der Waals surface area contributed by atoms with Crippen LogP contribution in [0.3, 0.4) is 0 Å². The molecule has 2 heterocycles. The molecule has 1 fully saturated rings. The quantitative estimate of drug-likeness (QED) is 0.578. The summed E-state index contributed by atoms with van der Waals surface area (Å²) >= 11 is 1.39. The van der Waals surface area contributed by atoms with Crippen molar-refractivity contribution in [3.05, 3.63) is 66.6 Å². The maximum Gasteiger partial charge on any atom is 0.234 e. The minimum Gasteiger partial charge on any atom is -0.376 e. The Kier molecular flexibility index (Phi) is 6.27. The number of carbonyl (C=O) groups excluding carboxylic acids is 1. The number of imidazole rings is 1. The Balaban J connectivity index is 1.47. The summed E-state index contributed by atoms with van der Waals surface area (Å²) in [5, 5.41) is 3.57. The Bertz CT molecular complexity index is 954. The van der Waals surface area contributed by atoms with Gasteiger partial charge in [0.1, 0.15) is 5.82 Å². The second-order valence-corrected chi connectivity index (χ2v) is 7.82. The summed E-state index contributed by atoms with van der Waals surface area (Å²) in [6.07, 6.45) is 4.12. The smallest absolute Gasteiger partial charge is 0.234 e. The van der Waals surface area contributed by atoms with E-state index in [1.165, 1.54) is 23.9 Å². The van der Waals surface area contributed by atoms with Gasteiger partial charge in [-0.05, 0) is 42.7 Å². The van der Waals surface area contributed by atoms with E-state index in [0.717, 1.165) is 35.9 Å². The fraction of sp³-hybridized carbons (Fsp3) is 0.273. The molecule has 1 atom stereocenters. The molecule has 7 heteroatoms. The Morgan fingerprint density at radius 1 is 1.21 bits per heavy atom. The summed E-state index contributed by atoms with van der Waals surface area (Å²) in [6.45, 7) is 1.51. The van der Waals surface area contributed by atoms with Crippen molar-refractivity contribution in [3.63, 3.8) is 0 Å². The van der Waals surface area contributed by atoms with E-state index in [1.54, 1.807) is 12.1 Å². The van der Waals surface area contributed by atoms with Gasteiger partial charge in [-0.1, -0.05) is 42.1 Å². The van der Waals surface area contributed by atoms with Gasteiger partial charge in [0.25, 0.3) is 0 Å². The molecular weight excluding hydrogens is 389 g/mol. The second-order valence-electron chi connectivity index (χ2n) is 6.88. The number of aromatic nitrogens is 2. The molecule has 1 saturated heterocycles. The average Bonchev–Trinajstić information content (AvgIpc) is 3.39. The topological polar surface area (TPSA) is 56.2 Å². The van der Waals surface area contributed by atoms with Crippen LogP contribution in [0.2, 0.25) is 0 Å². The molecule has 0 bridgehead atoms. The highest BCUT2D eigenvalue weighted by Gasteiger charge is 2.21. The van der Waals surface area contributed by atoms with E-state index in [1.807, 2.05) is 24.4 Å². The molecule has 0 aliphatic carbocycles. The van der Waals surface area contributed by atoms with E-state index in [2.05, 4.69) is 27.0 Å². The molecule has 0 unspecified atom stereocenters. The highest BCUT2D eigenvalue weighted by molar-refractivity contribution is 7.99. The molecule has 1 aromatic heterocycles. The lowest BCUT2D eigenvalue weighted by Crippen LogP contribution is -2.18. The lowest BCUT2D eigenvalue weighted by atomic mass is 10.1. The first-order valence-corrected chi connectivity index (χ1v) is 10.6. The third kappa shape index (κ3) is 5.05. The van der Waals surface area contributed by atoms with E-state index in [-0.39, 0.29) is 23.6 Å². The molecule has 4 rings (SSSR count). The number of rotatable bonds is 7. The molecule has 29 heavy (non-hydrogen) atoms. The number of hydrogen-bond acceptors (Lipinski definition) is 4. The SMILES string of the molecule is O=C(CSc1ncc(-c2ccccc2)n1C[C@@H]1CCCO1)Nc1ccc(F)cc1. The summed E-state index contributed by atoms with van der Waals surface area (Å²) < 4.78 is 21.0. The molecule has 1 aliphatic heterocycles. The average molecular weight is 412 g/mol. The first kappa shape index (κ1) is 19.7. The van der Waals surface area contributed by atoms with E-state index in [0.29, 0.717) is 12.2 Å². The van der Waals surface area contributed by atoms with Gasteiger partial charge in [-0.2, -0.15) is 0 Å². The lowest BCUT2D eigenvalue weighted by Gasteiger charge is -2.16. The maximum atomic E-state index is 13.0. The van der Waals surface area contributed by atoms with E-state index in [9.17, 15) is 9.18 Å². The molecule has 1 aliphatic rings. The number of nitrogens with one attached hydrogen (secondary N) is 1. The number of thioether (sulfide) groups is 1. The van der Waals surface area contributed by atoms with Gasteiger partial charge in [0, 0.05) is 12.3 Å². The minimum atomic E-state index is -0.332. The molecule has 150 valence electrons. The summed E-state index contributed by atoms with van der Waals surface area (Å²) in [5.41, 5.74) is 2.67.